The molecular formula is C17H30N2O. The van der Waals surface area contributed by atoms with Gasteiger partial charge in [-0.25, -0.2) is 0 Å². The van der Waals surface area contributed by atoms with Crippen molar-refractivity contribution in [3.63, 3.8) is 0 Å². The van der Waals surface area contributed by atoms with Crippen LogP contribution in [0.15, 0.2) is 24.3 Å². The summed E-state index contributed by atoms with van der Waals surface area (Å²) in [5.41, 5.74) is 7.20. The molecule has 0 saturated heterocycles. The number of benzene rings is 1. The van der Waals surface area contributed by atoms with E-state index in [1.165, 1.54) is 0 Å². The van der Waals surface area contributed by atoms with E-state index in [4.69, 9.17) is 10.5 Å². The van der Waals surface area contributed by atoms with E-state index in [1.54, 1.807) is 0 Å². The van der Waals surface area contributed by atoms with Crippen LogP contribution in [0.3, 0.4) is 0 Å². The van der Waals surface area contributed by atoms with E-state index < -0.39 is 0 Å². The van der Waals surface area contributed by atoms with Gasteiger partial charge in [0, 0.05) is 24.7 Å². The lowest BCUT2D eigenvalue weighted by Gasteiger charge is -2.30. The fourth-order valence-corrected chi connectivity index (χ4v) is 2.45. The van der Waals surface area contributed by atoms with Crippen molar-refractivity contribution < 1.29 is 4.74 Å². The highest BCUT2D eigenvalue weighted by Gasteiger charge is 2.13. The van der Waals surface area contributed by atoms with Gasteiger partial charge in [-0.15, -0.1) is 0 Å². The Bertz CT molecular complexity index is 382. The van der Waals surface area contributed by atoms with Gasteiger partial charge in [0.05, 0.1) is 0 Å². The molecule has 1 atom stereocenters. The minimum Gasteiger partial charge on any atom is -0.492 e. The van der Waals surface area contributed by atoms with Crippen molar-refractivity contribution in [2.24, 2.45) is 5.73 Å². The van der Waals surface area contributed by atoms with Gasteiger partial charge in [0.25, 0.3) is 0 Å². The van der Waals surface area contributed by atoms with Crippen LogP contribution in [0.5, 0.6) is 5.75 Å². The summed E-state index contributed by atoms with van der Waals surface area (Å²) >= 11 is 0. The van der Waals surface area contributed by atoms with Crippen molar-refractivity contribution in [1.82, 2.24) is 4.90 Å². The first kappa shape index (κ1) is 17.0. The molecule has 0 aliphatic carbocycles. The van der Waals surface area contributed by atoms with E-state index in [2.05, 4.69) is 51.7 Å². The second-order valence-electron chi connectivity index (χ2n) is 5.86. The molecule has 0 heterocycles. The van der Waals surface area contributed by atoms with Crippen LogP contribution in [-0.4, -0.2) is 30.1 Å². The third kappa shape index (κ3) is 5.14. The van der Waals surface area contributed by atoms with Gasteiger partial charge in [-0.3, -0.25) is 4.90 Å². The molecule has 0 saturated carbocycles. The third-order valence-electron chi connectivity index (χ3n) is 3.67. The molecule has 1 aromatic rings. The first-order valence-electron chi connectivity index (χ1n) is 7.69. The van der Waals surface area contributed by atoms with Gasteiger partial charge in [-0.05, 0) is 51.8 Å². The molecule has 1 rings (SSSR count). The fourth-order valence-electron chi connectivity index (χ4n) is 2.45. The van der Waals surface area contributed by atoms with Crippen molar-refractivity contribution in [3.8, 4) is 5.75 Å². The van der Waals surface area contributed by atoms with E-state index in [-0.39, 0.29) is 6.04 Å². The lowest BCUT2D eigenvalue weighted by Crippen LogP contribution is -2.39. The Hall–Kier alpha value is -1.06. The Labute approximate surface area is 124 Å². The van der Waals surface area contributed by atoms with Crippen LogP contribution in [0.1, 0.15) is 52.6 Å². The third-order valence-corrected chi connectivity index (χ3v) is 3.67. The van der Waals surface area contributed by atoms with E-state index in [0.29, 0.717) is 18.7 Å². The van der Waals surface area contributed by atoms with E-state index in [1.807, 2.05) is 12.1 Å². The number of nitrogens with two attached hydrogens (primary N) is 1. The summed E-state index contributed by atoms with van der Waals surface area (Å²) in [4.78, 5) is 2.43. The summed E-state index contributed by atoms with van der Waals surface area (Å²) in [5.74, 6) is 0.916. The molecule has 0 bridgehead atoms. The molecule has 1 aromatic carbocycles. The molecule has 2 N–H and O–H groups in total. The Kier molecular flexibility index (Phi) is 7.03. The van der Waals surface area contributed by atoms with E-state index in [0.717, 1.165) is 24.3 Å². The number of hydrogen-bond acceptors (Lipinski definition) is 3. The topological polar surface area (TPSA) is 38.5 Å². The summed E-state index contributed by atoms with van der Waals surface area (Å²) in [6.45, 7) is 12.6. The lowest BCUT2D eigenvalue weighted by atomic mass is 10.1. The highest BCUT2D eigenvalue weighted by Crippen LogP contribution is 2.19. The molecule has 114 valence electrons. The Morgan fingerprint density at radius 3 is 2.35 bits per heavy atom. The van der Waals surface area contributed by atoms with Crippen molar-refractivity contribution in [3.05, 3.63) is 29.8 Å². The van der Waals surface area contributed by atoms with E-state index >= 15 is 0 Å². The van der Waals surface area contributed by atoms with Crippen molar-refractivity contribution in [2.75, 3.05) is 13.2 Å². The maximum Gasteiger partial charge on any atom is 0.119 e. The van der Waals surface area contributed by atoms with Crippen LogP contribution in [0.2, 0.25) is 0 Å². The molecule has 3 heteroatoms. The molecule has 0 amide bonds. The average Bonchev–Trinajstić information content (AvgIpc) is 2.42. The molecule has 0 aliphatic rings. The molecule has 1 unspecified atom stereocenters. The summed E-state index contributed by atoms with van der Waals surface area (Å²) in [6, 6.07) is 9.32. The van der Waals surface area contributed by atoms with Gasteiger partial charge < -0.3 is 10.5 Å². The highest BCUT2D eigenvalue weighted by atomic mass is 16.5. The van der Waals surface area contributed by atoms with Gasteiger partial charge in [-0.2, -0.15) is 0 Å². The zero-order chi connectivity index (χ0) is 15.1. The first-order chi connectivity index (χ1) is 9.45. The van der Waals surface area contributed by atoms with Crippen molar-refractivity contribution in [2.45, 2.75) is 59.2 Å². The zero-order valence-electron chi connectivity index (χ0n) is 13.6. The maximum absolute atomic E-state index is 6.06. The molecular weight excluding hydrogens is 248 g/mol. The van der Waals surface area contributed by atoms with Gasteiger partial charge in [0.1, 0.15) is 12.4 Å². The smallest absolute Gasteiger partial charge is 0.119 e. The molecule has 0 spiro atoms. The number of hydrogen-bond donors (Lipinski definition) is 1. The highest BCUT2D eigenvalue weighted by molar-refractivity contribution is 5.30. The monoisotopic (exact) mass is 278 g/mol. The minimum absolute atomic E-state index is 0.0985. The number of nitrogens with zero attached hydrogens (tertiary/aromatic N) is 1. The molecule has 0 radical (unpaired) electrons. The molecule has 0 fully saturated rings. The summed E-state index contributed by atoms with van der Waals surface area (Å²) < 4.78 is 5.87. The van der Waals surface area contributed by atoms with Gasteiger partial charge in [0.15, 0.2) is 0 Å². The molecule has 3 nitrogen and oxygen atoms in total. The van der Waals surface area contributed by atoms with Gasteiger partial charge in [-0.1, -0.05) is 19.1 Å². The molecule has 0 aliphatic heterocycles. The predicted molar refractivity (Wildman–Crippen MR) is 86.1 cm³/mol. The number of rotatable bonds is 8. The predicted octanol–water partition coefficient (Wildman–Crippen LogP) is 3.59. The normalized spacial score (nSPS) is 13.2. The van der Waals surface area contributed by atoms with Crippen LogP contribution >= 0.6 is 0 Å². The maximum atomic E-state index is 6.06. The first-order valence-corrected chi connectivity index (χ1v) is 7.69. The largest absolute Gasteiger partial charge is 0.492 e. The van der Waals surface area contributed by atoms with Crippen LogP contribution in [-0.2, 0) is 0 Å². The summed E-state index contributed by atoms with van der Waals surface area (Å²) in [7, 11) is 0. The quantitative estimate of drug-likeness (QED) is 0.789. The fraction of sp³-hybridized carbons (Fsp3) is 0.647. The molecule has 20 heavy (non-hydrogen) atoms. The average molecular weight is 278 g/mol. The Balaban J connectivity index is 2.53. The zero-order valence-corrected chi connectivity index (χ0v) is 13.6. The van der Waals surface area contributed by atoms with Gasteiger partial charge in [0.2, 0.25) is 0 Å². The van der Waals surface area contributed by atoms with E-state index in [9.17, 15) is 0 Å². The van der Waals surface area contributed by atoms with Crippen molar-refractivity contribution in [1.29, 1.82) is 0 Å². The Morgan fingerprint density at radius 2 is 1.80 bits per heavy atom. The second-order valence-corrected chi connectivity index (χ2v) is 5.86. The van der Waals surface area contributed by atoms with Crippen molar-refractivity contribution >= 4 is 0 Å². The van der Waals surface area contributed by atoms with Crippen LogP contribution in [0.25, 0.3) is 0 Å². The summed E-state index contributed by atoms with van der Waals surface area (Å²) in [5, 5.41) is 0. The van der Waals surface area contributed by atoms with Crippen LogP contribution < -0.4 is 10.5 Å². The van der Waals surface area contributed by atoms with Crippen LogP contribution in [0, 0.1) is 0 Å². The minimum atomic E-state index is 0.0985. The SMILES string of the molecule is CCC(N)c1cccc(OCCN(C(C)C)C(C)C)c1. The summed E-state index contributed by atoms with van der Waals surface area (Å²) in [6.07, 6.45) is 0.942. The molecule has 0 aromatic heterocycles. The number of ether oxygens (including phenoxy) is 1. The second kappa shape index (κ2) is 8.28. The van der Waals surface area contributed by atoms with Gasteiger partial charge >= 0.3 is 0 Å². The Morgan fingerprint density at radius 1 is 1.15 bits per heavy atom. The van der Waals surface area contributed by atoms with Crippen LogP contribution in [0.4, 0.5) is 0 Å². The lowest BCUT2D eigenvalue weighted by molar-refractivity contribution is 0.142. The standard InChI is InChI=1S/C17H30N2O/c1-6-17(18)15-8-7-9-16(12-15)20-11-10-19(13(2)3)14(4)5/h7-9,12-14,17H,6,10-11,18H2,1-5H3.